The number of pyridine rings is 1. The Bertz CT molecular complexity index is 731. The summed E-state index contributed by atoms with van der Waals surface area (Å²) in [6.45, 7) is 2.37. The first-order valence-corrected chi connectivity index (χ1v) is 8.10. The number of halogens is 1. The van der Waals surface area contributed by atoms with E-state index in [9.17, 15) is 14.0 Å². The lowest BCUT2D eigenvalue weighted by molar-refractivity contribution is 0.0937. The molecule has 24 heavy (non-hydrogen) atoms. The molecule has 2 heterocycles. The molecule has 1 unspecified atom stereocenters. The van der Waals surface area contributed by atoms with E-state index in [2.05, 4.69) is 15.2 Å². The van der Waals surface area contributed by atoms with E-state index in [4.69, 9.17) is 0 Å². The van der Waals surface area contributed by atoms with E-state index in [0.29, 0.717) is 12.1 Å². The standard InChI is InChI=1S/C18H20FN3O2/c19-15-6-3-13(4-7-15)16(22-9-1-2-10-22)12-21-18(24)14-5-8-17(23)20-11-14/h3-8,11,16H,1-2,9-10,12H2,(H,20,23)(H,21,24). The summed E-state index contributed by atoms with van der Waals surface area (Å²) in [6.07, 6.45) is 3.66. The summed E-state index contributed by atoms with van der Waals surface area (Å²) >= 11 is 0. The average Bonchev–Trinajstić information content (AvgIpc) is 3.11. The summed E-state index contributed by atoms with van der Waals surface area (Å²) in [5.41, 5.74) is 1.15. The van der Waals surface area contributed by atoms with Crippen molar-refractivity contribution in [3.8, 4) is 0 Å². The van der Waals surface area contributed by atoms with E-state index in [0.717, 1.165) is 31.5 Å². The van der Waals surface area contributed by atoms with Crippen LogP contribution in [-0.2, 0) is 0 Å². The predicted molar refractivity (Wildman–Crippen MR) is 89.3 cm³/mol. The normalized spacial score (nSPS) is 16.0. The van der Waals surface area contributed by atoms with Crippen LogP contribution >= 0.6 is 0 Å². The zero-order chi connectivity index (χ0) is 16.9. The minimum Gasteiger partial charge on any atom is -0.350 e. The van der Waals surface area contributed by atoms with Crippen molar-refractivity contribution >= 4 is 5.91 Å². The number of hydrogen-bond donors (Lipinski definition) is 2. The number of aromatic amines is 1. The first-order valence-electron chi connectivity index (χ1n) is 8.10. The molecule has 1 saturated heterocycles. The third-order valence-electron chi connectivity index (χ3n) is 4.34. The molecular formula is C18H20FN3O2. The number of likely N-dealkylation sites (tertiary alicyclic amines) is 1. The molecule has 1 aliphatic rings. The number of carbonyl (C=O) groups excluding carboxylic acids is 1. The van der Waals surface area contributed by atoms with Crippen molar-refractivity contribution in [3.05, 3.63) is 69.9 Å². The lowest BCUT2D eigenvalue weighted by Crippen LogP contribution is -2.37. The molecule has 0 spiro atoms. The van der Waals surface area contributed by atoms with Gasteiger partial charge in [0.05, 0.1) is 11.6 Å². The fraction of sp³-hybridized carbons (Fsp3) is 0.333. The highest BCUT2D eigenvalue weighted by Crippen LogP contribution is 2.24. The Morgan fingerprint density at radius 3 is 2.50 bits per heavy atom. The number of benzene rings is 1. The highest BCUT2D eigenvalue weighted by Gasteiger charge is 2.24. The Hall–Kier alpha value is -2.47. The van der Waals surface area contributed by atoms with Crippen LogP contribution in [0.25, 0.3) is 0 Å². The Kier molecular flexibility index (Phi) is 5.05. The molecule has 2 aromatic rings. The maximum absolute atomic E-state index is 13.2. The van der Waals surface area contributed by atoms with E-state index in [1.54, 1.807) is 12.1 Å². The fourth-order valence-electron chi connectivity index (χ4n) is 3.04. The summed E-state index contributed by atoms with van der Waals surface area (Å²) in [5, 5.41) is 2.91. The molecule has 1 amide bonds. The van der Waals surface area contributed by atoms with Gasteiger partial charge >= 0.3 is 0 Å². The van der Waals surface area contributed by atoms with Gasteiger partial charge in [-0.05, 0) is 49.7 Å². The SMILES string of the molecule is O=C(NCC(c1ccc(F)cc1)N1CCCC1)c1ccc(=O)[nH]c1. The van der Waals surface area contributed by atoms with E-state index in [1.165, 1.54) is 30.5 Å². The minimum atomic E-state index is -0.267. The van der Waals surface area contributed by atoms with Gasteiger partial charge in [0.15, 0.2) is 0 Å². The monoisotopic (exact) mass is 329 g/mol. The van der Waals surface area contributed by atoms with E-state index >= 15 is 0 Å². The van der Waals surface area contributed by atoms with Crippen molar-refractivity contribution in [2.45, 2.75) is 18.9 Å². The zero-order valence-corrected chi connectivity index (χ0v) is 13.3. The molecule has 1 fully saturated rings. The molecule has 1 aromatic heterocycles. The Morgan fingerprint density at radius 1 is 1.17 bits per heavy atom. The average molecular weight is 329 g/mol. The van der Waals surface area contributed by atoms with Gasteiger partial charge in [-0.1, -0.05) is 12.1 Å². The van der Waals surface area contributed by atoms with Gasteiger partial charge in [-0.25, -0.2) is 4.39 Å². The number of aromatic nitrogens is 1. The Balaban J connectivity index is 1.71. The molecule has 5 nitrogen and oxygen atoms in total. The molecule has 1 aliphatic heterocycles. The largest absolute Gasteiger partial charge is 0.350 e. The Labute approximate surface area is 139 Å². The third kappa shape index (κ3) is 3.89. The third-order valence-corrected chi connectivity index (χ3v) is 4.34. The molecule has 0 radical (unpaired) electrons. The quantitative estimate of drug-likeness (QED) is 0.883. The van der Waals surface area contributed by atoms with Gasteiger partial charge < -0.3 is 10.3 Å². The van der Waals surface area contributed by atoms with Crippen LogP contribution < -0.4 is 10.9 Å². The second-order valence-electron chi connectivity index (χ2n) is 5.96. The van der Waals surface area contributed by atoms with Crippen LogP contribution in [0.15, 0.2) is 47.4 Å². The molecule has 0 saturated carbocycles. The van der Waals surface area contributed by atoms with Gasteiger partial charge in [-0.2, -0.15) is 0 Å². The van der Waals surface area contributed by atoms with E-state index < -0.39 is 0 Å². The minimum absolute atomic E-state index is 0.0137. The maximum atomic E-state index is 13.2. The van der Waals surface area contributed by atoms with Gasteiger partial charge in [0, 0.05) is 18.8 Å². The van der Waals surface area contributed by atoms with Crippen LogP contribution in [0.2, 0.25) is 0 Å². The van der Waals surface area contributed by atoms with Gasteiger partial charge in [0.25, 0.3) is 5.91 Å². The number of nitrogens with one attached hydrogen (secondary N) is 2. The van der Waals surface area contributed by atoms with E-state index in [1.807, 2.05) is 0 Å². The molecule has 0 aliphatic carbocycles. The summed E-state index contributed by atoms with van der Waals surface area (Å²) in [5.74, 6) is -0.506. The lowest BCUT2D eigenvalue weighted by Gasteiger charge is -2.28. The molecule has 1 atom stereocenters. The van der Waals surface area contributed by atoms with Crippen LogP contribution in [0.1, 0.15) is 34.8 Å². The van der Waals surface area contributed by atoms with E-state index in [-0.39, 0.29) is 23.3 Å². The van der Waals surface area contributed by atoms with Crippen LogP contribution in [0.4, 0.5) is 4.39 Å². The summed E-state index contributed by atoms with van der Waals surface area (Å²) in [4.78, 5) is 28.1. The summed E-state index contributed by atoms with van der Waals surface area (Å²) in [7, 11) is 0. The van der Waals surface area contributed by atoms with Gasteiger partial charge in [0.2, 0.25) is 5.56 Å². The van der Waals surface area contributed by atoms with Crippen molar-refractivity contribution < 1.29 is 9.18 Å². The van der Waals surface area contributed by atoms with Gasteiger partial charge in [-0.3, -0.25) is 14.5 Å². The molecule has 3 rings (SSSR count). The molecule has 6 heteroatoms. The Morgan fingerprint density at radius 2 is 1.88 bits per heavy atom. The molecular weight excluding hydrogens is 309 g/mol. The molecule has 1 aromatic carbocycles. The van der Waals surface area contributed by atoms with Crippen molar-refractivity contribution in [2.75, 3.05) is 19.6 Å². The number of amides is 1. The van der Waals surface area contributed by atoms with Gasteiger partial charge in [-0.15, -0.1) is 0 Å². The predicted octanol–water partition coefficient (Wildman–Crippen LogP) is 2.08. The summed E-state index contributed by atoms with van der Waals surface area (Å²) < 4.78 is 13.2. The maximum Gasteiger partial charge on any atom is 0.252 e. The number of hydrogen-bond acceptors (Lipinski definition) is 3. The zero-order valence-electron chi connectivity index (χ0n) is 13.3. The lowest BCUT2D eigenvalue weighted by atomic mass is 10.1. The number of nitrogens with zero attached hydrogens (tertiary/aromatic N) is 1. The first-order chi connectivity index (χ1) is 11.6. The highest BCUT2D eigenvalue weighted by molar-refractivity contribution is 5.93. The van der Waals surface area contributed by atoms with Crippen LogP contribution in [0.5, 0.6) is 0 Å². The topological polar surface area (TPSA) is 65.2 Å². The number of H-pyrrole nitrogens is 1. The summed E-state index contributed by atoms with van der Waals surface area (Å²) in [6, 6.07) is 9.27. The van der Waals surface area contributed by atoms with Crippen molar-refractivity contribution in [3.63, 3.8) is 0 Å². The number of carbonyl (C=O) groups is 1. The smallest absolute Gasteiger partial charge is 0.252 e. The second-order valence-corrected chi connectivity index (χ2v) is 5.96. The van der Waals surface area contributed by atoms with Crippen molar-refractivity contribution in [1.82, 2.24) is 15.2 Å². The van der Waals surface area contributed by atoms with Crippen LogP contribution in [0.3, 0.4) is 0 Å². The highest BCUT2D eigenvalue weighted by atomic mass is 19.1. The van der Waals surface area contributed by atoms with Crippen LogP contribution in [0, 0.1) is 5.82 Å². The molecule has 2 N–H and O–H groups in total. The van der Waals surface area contributed by atoms with Crippen LogP contribution in [-0.4, -0.2) is 35.4 Å². The fourth-order valence-corrected chi connectivity index (χ4v) is 3.04. The van der Waals surface area contributed by atoms with Gasteiger partial charge in [0.1, 0.15) is 5.82 Å². The van der Waals surface area contributed by atoms with Crippen molar-refractivity contribution in [2.24, 2.45) is 0 Å². The number of rotatable bonds is 5. The molecule has 0 bridgehead atoms. The first kappa shape index (κ1) is 16.4. The molecule has 126 valence electrons. The van der Waals surface area contributed by atoms with Crippen molar-refractivity contribution in [1.29, 1.82) is 0 Å². The second kappa shape index (κ2) is 7.40.